The maximum Gasteiger partial charge on any atom is 0.263 e. The fourth-order valence-electron chi connectivity index (χ4n) is 3.64. The van der Waals surface area contributed by atoms with Crippen LogP contribution in [0.2, 0.25) is 0 Å². The smallest absolute Gasteiger partial charge is 0.263 e. The average Bonchev–Trinajstić information content (AvgIpc) is 2.82. The Morgan fingerprint density at radius 3 is 2.79 bits per heavy atom. The summed E-state index contributed by atoms with van der Waals surface area (Å²) in [5, 5.41) is 8.59. The van der Waals surface area contributed by atoms with Crippen molar-refractivity contribution in [3.63, 3.8) is 0 Å². The molecule has 3 N–H and O–H groups in total. The Bertz CT molecular complexity index is 1180. The average molecular weight is 450 g/mol. The van der Waals surface area contributed by atoms with Gasteiger partial charge in [0.05, 0.1) is 6.20 Å². The lowest BCUT2D eigenvalue weighted by molar-refractivity contribution is -0.118. The number of aromatic nitrogens is 3. The quantitative estimate of drug-likeness (QED) is 0.541. The molecule has 2 aromatic heterocycles. The Labute approximate surface area is 189 Å². The van der Waals surface area contributed by atoms with Crippen molar-refractivity contribution in [2.75, 3.05) is 60.7 Å². The zero-order valence-electron chi connectivity index (χ0n) is 18.0. The van der Waals surface area contributed by atoms with Crippen molar-refractivity contribution in [3.05, 3.63) is 48.4 Å². The minimum Gasteiger partial charge on any atom is -0.480 e. The summed E-state index contributed by atoms with van der Waals surface area (Å²) in [6.45, 7) is 3.88. The number of rotatable bonds is 5. The summed E-state index contributed by atoms with van der Waals surface area (Å²) >= 11 is 0. The number of likely N-dealkylation sites (N-methyl/N-ethyl adjacent to an activating group) is 1. The number of piperazine rings is 1. The van der Waals surface area contributed by atoms with Crippen molar-refractivity contribution in [2.24, 2.45) is 0 Å². The predicted molar refractivity (Wildman–Crippen MR) is 123 cm³/mol. The molecule has 5 rings (SSSR count). The molecule has 0 radical (unpaired) electrons. The number of pyridine rings is 1. The van der Waals surface area contributed by atoms with E-state index in [0.29, 0.717) is 11.6 Å². The molecule has 0 bridgehead atoms. The monoisotopic (exact) mass is 450 g/mol. The summed E-state index contributed by atoms with van der Waals surface area (Å²) < 4.78 is 19.7. The fourth-order valence-corrected chi connectivity index (χ4v) is 3.64. The van der Waals surface area contributed by atoms with Crippen LogP contribution in [0.3, 0.4) is 0 Å². The largest absolute Gasteiger partial charge is 0.480 e. The molecule has 0 aliphatic carbocycles. The van der Waals surface area contributed by atoms with Crippen LogP contribution in [-0.2, 0) is 4.79 Å². The zero-order chi connectivity index (χ0) is 22.8. The molecule has 1 saturated heterocycles. The number of nitrogens with one attached hydrogen (secondary N) is 3. The van der Waals surface area contributed by atoms with Crippen molar-refractivity contribution >= 4 is 40.7 Å². The molecule has 4 heterocycles. The van der Waals surface area contributed by atoms with Crippen LogP contribution in [0, 0.1) is 5.82 Å². The molecule has 2 aliphatic rings. The lowest BCUT2D eigenvalue weighted by Crippen LogP contribution is -2.44. The van der Waals surface area contributed by atoms with Crippen LogP contribution in [0.5, 0.6) is 5.75 Å². The molecule has 3 aromatic rings. The van der Waals surface area contributed by atoms with Gasteiger partial charge in [-0.25, -0.2) is 14.4 Å². The van der Waals surface area contributed by atoms with E-state index in [1.54, 1.807) is 12.1 Å². The molecule has 33 heavy (non-hydrogen) atoms. The SMILES string of the molecule is CN1CCN(c2cccc(Nc3ncc(F)c(Nc4ccc5c(n4)NC(=O)CO5)n3)c2)CC1. The van der Waals surface area contributed by atoms with Crippen LogP contribution in [0.1, 0.15) is 0 Å². The highest BCUT2D eigenvalue weighted by molar-refractivity contribution is 5.94. The number of anilines is 6. The van der Waals surface area contributed by atoms with Crippen LogP contribution in [0.4, 0.5) is 39.2 Å². The van der Waals surface area contributed by atoms with Gasteiger partial charge < -0.3 is 30.5 Å². The highest BCUT2D eigenvalue weighted by atomic mass is 19.1. The van der Waals surface area contributed by atoms with Gasteiger partial charge in [-0.2, -0.15) is 4.98 Å². The van der Waals surface area contributed by atoms with E-state index >= 15 is 0 Å². The van der Waals surface area contributed by atoms with Crippen molar-refractivity contribution in [1.29, 1.82) is 0 Å². The number of amides is 1. The molecule has 0 saturated carbocycles. The van der Waals surface area contributed by atoms with Gasteiger partial charge in [-0.15, -0.1) is 0 Å². The highest BCUT2D eigenvalue weighted by Gasteiger charge is 2.18. The molecule has 1 aromatic carbocycles. The van der Waals surface area contributed by atoms with E-state index in [9.17, 15) is 9.18 Å². The topological polar surface area (TPSA) is 108 Å². The van der Waals surface area contributed by atoms with Gasteiger partial charge in [0.1, 0.15) is 5.82 Å². The lowest BCUT2D eigenvalue weighted by atomic mass is 10.2. The van der Waals surface area contributed by atoms with Crippen LogP contribution < -0.4 is 25.6 Å². The first kappa shape index (κ1) is 20.9. The van der Waals surface area contributed by atoms with Gasteiger partial charge in [-0.05, 0) is 37.4 Å². The summed E-state index contributed by atoms with van der Waals surface area (Å²) in [6.07, 6.45) is 1.09. The van der Waals surface area contributed by atoms with E-state index in [1.807, 2.05) is 18.2 Å². The third kappa shape index (κ3) is 4.77. The minimum atomic E-state index is -0.633. The second kappa shape index (κ2) is 8.87. The minimum absolute atomic E-state index is 0.0433. The van der Waals surface area contributed by atoms with E-state index in [1.165, 1.54) is 0 Å². The number of hydrogen-bond donors (Lipinski definition) is 3. The summed E-state index contributed by atoms with van der Waals surface area (Å²) in [6, 6.07) is 11.2. The van der Waals surface area contributed by atoms with Crippen molar-refractivity contribution in [1.82, 2.24) is 19.9 Å². The highest BCUT2D eigenvalue weighted by Crippen LogP contribution is 2.29. The van der Waals surface area contributed by atoms with E-state index in [2.05, 4.69) is 53.8 Å². The Balaban J connectivity index is 1.32. The van der Waals surface area contributed by atoms with Crippen LogP contribution in [-0.4, -0.2) is 65.6 Å². The van der Waals surface area contributed by atoms with Gasteiger partial charge in [0.15, 0.2) is 29.8 Å². The number of ether oxygens (including phenoxy) is 1. The Kier molecular flexibility index (Phi) is 5.61. The number of fused-ring (bicyclic) bond motifs is 1. The van der Waals surface area contributed by atoms with E-state index in [-0.39, 0.29) is 30.1 Å². The molecule has 170 valence electrons. The number of nitrogens with zero attached hydrogens (tertiary/aromatic N) is 5. The van der Waals surface area contributed by atoms with Gasteiger partial charge in [0.25, 0.3) is 5.91 Å². The standard InChI is InChI=1S/C22H23FN8O2/c1-30-7-9-31(10-8-30)15-4-2-3-14(11-15)25-22-24-12-16(23)20(29-22)26-18-6-5-17-21(27-18)28-19(32)13-33-17/h2-6,11-12H,7-10,13H2,1H3,(H3,24,25,26,27,28,29,32). The molecule has 10 nitrogen and oxygen atoms in total. The van der Waals surface area contributed by atoms with Gasteiger partial charge in [0.2, 0.25) is 5.95 Å². The first-order valence-electron chi connectivity index (χ1n) is 10.6. The number of benzene rings is 1. The van der Waals surface area contributed by atoms with Crippen LogP contribution in [0.25, 0.3) is 0 Å². The number of carbonyl (C=O) groups excluding carboxylic acids is 1. The summed E-state index contributed by atoms with van der Waals surface area (Å²) in [5.74, 6) is 0.287. The van der Waals surface area contributed by atoms with Crippen molar-refractivity contribution in [2.45, 2.75) is 0 Å². The molecule has 11 heteroatoms. The summed E-state index contributed by atoms with van der Waals surface area (Å²) in [5.41, 5.74) is 1.91. The van der Waals surface area contributed by atoms with Gasteiger partial charge in [0, 0.05) is 37.6 Å². The van der Waals surface area contributed by atoms with E-state index in [0.717, 1.165) is 43.8 Å². The molecular formula is C22H23FN8O2. The molecule has 0 spiro atoms. The summed E-state index contributed by atoms with van der Waals surface area (Å²) in [7, 11) is 2.12. The molecule has 0 atom stereocenters. The number of halogens is 1. The van der Waals surface area contributed by atoms with Crippen LogP contribution >= 0.6 is 0 Å². The lowest BCUT2D eigenvalue weighted by Gasteiger charge is -2.34. The van der Waals surface area contributed by atoms with Crippen LogP contribution in [0.15, 0.2) is 42.6 Å². The Hall–Kier alpha value is -3.99. The molecule has 1 amide bonds. The van der Waals surface area contributed by atoms with Gasteiger partial charge in [-0.3, -0.25) is 4.79 Å². The summed E-state index contributed by atoms with van der Waals surface area (Å²) in [4.78, 5) is 28.7. The second-order valence-corrected chi connectivity index (χ2v) is 7.86. The second-order valence-electron chi connectivity index (χ2n) is 7.86. The number of carbonyl (C=O) groups is 1. The Morgan fingerprint density at radius 1 is 1.09 bits per heavy atom. The third-order valence-corrected chi connectivity index (χ3v) is 5.44. The first-order valence-corrected chi connectivity index (χ1v) is 10.6. The van der Waals surface area contributed by atoms with Crippen molar-refractivity contribution in [3.8, 4) is 5.75 Å². The third-order valence-electron chi connectivity index (χ3n) is 5.44. The van der Waals surface area contributed by atoms with Gasteiger partial charge in [-0.1, -0.05) is 6.07 Å². The zero-order valence-corrected chi connectivity index (χ0v) is 18.0. The normalized spacial score (nSPS) is 15.9. The molecular weight excluding hydrogens is 427 g/mol. The molecule has 1 fully saturated rings. The van der Waals surface area contributed by atoms with E-state index < -0.39 is 5.82 Å². The molecule has 2 aliphatic heterocycles. The maximum absolute atomic E-state index is 14.4. The van der Waals surface area contributed by atoms with E-state index in [4.69, 9.17) is 4.74 Å². The fraction of sp³-hybridized carbons (Fsp3) is 0.273. The number of hydrogen-bond acceptors (Lipinski definition) is 9. The van der Waals surface area contributed by atoms with Gasteiger partial charge >= 0.3 is 0 Å². The molecule has 0 unspecified atom stereocenters. The van der Waals surface area contributed by atoms with Crippen molar-refractivity contribution < 1.29 is 13.9 Å². The Morgan fingerprint density at radius 2 is 1.94 bits per heavy atom. The first-order chi connectivity index (χ1) is 16.0. The predicted octanol–water partition coefficient (Wildman–Crippen LogP) is 2.58. The maximum atomic E-state index is 14.4.